The van der Waals surface area contributed by atoms with Crippen molar-refractivity contribution in [1.82, 2.24) is 4.90 Å². The van der Waals surface area contributed by atoms with Gasteiger partial charge in [-0.2, -0.15) is 0 Å². The maximum absolute atomic E-state index is 11.9. The molecule has 5 nitrogen and oxygen atoms in total. The molecule has 0 atom stereocenters. The molecule has 2 aromatic rings. The van der Waals surface area contributed by atoms with Crippen LogP contribution in [0.5, 0.6) is 0 Å². The van der Waals surface area contributed by atoms with Crippen LogP contribution < -0.4 is 5.32 Å². The number of hydrogen-bond acceptors (Lipinski definition) is 4. The van der Waals surface area contributed by atoms with Gasteiger partial charge in [-0.15, -0.1) is 11.3 Å². The normalized spacial score (nSPS) is 10.2. The fraction of sp³-hybridized carbons (Fsp3) is 0.200. The molecule has 1 heterocycles. The third-order valence-corrected chi connectivity index (χ3v) is 3.82. The Morgan fingerprint density at radius 1 is 1.24 bits per heavy atom. The topological polar surface area (TPSA) is 69.6 Å². The average Bonchev–Trinajstić information content (AvgIpc) is 2.93. The lowest BCUT2D eigenvalue weighted by Gasteiger charge is -2.11. The van der Waals surface area contributed by atoms with Crippen molar-refractivity contribution in [2.75, 3.05) is 19.4 Å². The highest BCUT2D eigenvalue weighted by Gasteiger charge is 2.09. The lowest BCUT2D eigenvalue weighted by molar-refractivity contribution is 0.0697. The van der Waals surface area contributed by atoms with E-state index in [1.54, 1.807) is 37.7 Å². The van der Waals surface area contributed by atoms with Crippen LogP contribution in [-0.2, 0) is 6.54 Å². The number of carboxylic acid groups (broad SMARTS) is 1. The monoisotopic (exact) mass is 304 g/mol. The van der Waals surface area contributed by atoms with Gasteiger partial charge in [0.2, 0.25) is 0 Å². The summed E-state index contributed by atoms with van der Waals surface area (Å²) >= 11 is 1.39. The van der Waals surface area contributed by atoms with Gasteiger partial charge in [-0.1, -0.05) is 6.07 Å². The van der Waals surface area contributed by atoms with Gasteiger partial charge in [-0.05, 0) is 24.3 Å². The van der Waals surface area contributed by atoms with Gasteiger partial charge >= 0.3 is 5.97 Å². The van der Waals surface area contributed by atoms with Crippen LogP contribution in [0.25, 0.3) is 0 Å². The molecule has 0 spiro atoms. The number of hydrogen-bond donors (Lipinski definition) is 2. The Morgan fingerprint density at radius 2 is 2.00 bits per heavy atom. The van der Waals surface area contributed by atoms with Crippen molar-refractivity contribution in [3.63, 3.8) is 0 Å². The lowest BCUT2D eigenvalue weighted by Crippen LogP contribution is -2.21. The molecule has 2 rings (SSSR count). The number of carbonyl (C=O) groups excluding carboxylic acids is 1. The second-order valence-electron chi connectivity index (χ2n) is 4.74. The number of aromatic carboxylic acids is 1. The van der Waals surface area contributed by atoms with Gasteiger partial charge in [0.15, 0.2) is 0 Å². The second kappa shape index (κ2) is 6.41. The summed E-state index contributed by atoms with van der Waals surface area (Å²) in [6.07, 6.45) is 0. The van der Waals surface area contributed by atoms with E-state index in [-0.39, 0.29) is 5.91 Å². The van der Waals surface area contributed by atoms with Crippen LogP contribution in [0.2, 0.25) is 0 Å². The molecule has 21 heavy (non-hydrogen) atoms. The van der Waals surface area contributed by atoms with Crippen molar-refractivity contribution in [1.29, 1.82) is 0 Å². The minimum Gasteiger partial charge on any atom is -0.478 e. The zero-order valence-corrected chi connectivity index (χ0v) is 12.6. The zero-order valence-electron chi connectivity index (χ0n) is 11.8. The number of thiophene rings is 1. The first-order valence-electron chi connectivity index (χ1n) is 6.33. The van der Waals surface area contributed by atoms with E-state index < -0.39 is 5.97 Å². The SMILES string of the molecule is CN(C)C(=O)c1cccc(NCc2cc(C(=O)O)cs2)c1. The third kappa shape index (κ3) is 3.82. The van der Waals surface area contributed by atoms with Crippen molar-refractivity contribution >= 4 is 28.9 Å². The Morgan fingerprint density at radius 3 is 2.62 bits per heavy atom. The van der Waals surface area contributed by atoms with Gasteiger partial charge < -0.3 is 15.3 Å². The summed E-state index contributed by atoms with van der Waals surface area (Å²) < 4.78 is 0. The summed E-state index contributed by atoms with van der Waals surface area (Å²) in [5, 5.41) is 13.7. The van der Waals surface area contributed by atoms with E-state index in [0.717, 1.165) is 10.6 Å². The number of carbonyl (C=O) groups is 2. The first-order valence-corrected chi connectivity index (χ1v) is 7.21. The number of carboxylic acids is 1. The van der Waals surface area contributed by atoms with Gasteiger partial charge in [-0.25, -0.2) is 4.79 Å². The highest BCUT2D eigenvalue weighted by atomic mass is 32.1. The standard InChI is InChI=1S/C15H16N2O3S/c1-17(2)14(18)10-4-3-5-12(6-10)16-8-13-7-11(9-21-13)15(19)20/h3-7,9,16H,8H2,1-2H3,(H,19,20). The molecule has 1 aromatic carbocycles. The zero-order chi connectivity index (χ0) is 15.4. The van der Waals surface area contributed by atoms with E-state index in [0.29, 0.717) is 17.7 Å². The van der Waals surface area contributed by atoms with Gasteiger partial charge in [0.05, 0.1) is 5.56 Å². The molecule has 0 fully saturated rings. The Labute approximate surface area is 126 Å². The van der Waals surface area contributed by atoms with E-state index in [1.165, 1.54) is 16.2 Å². The van der Waals surface area contributed by atoms with E-state index in [4.69, 9.17) is 5.11 Å². The summed E-state index contributed by atoms with van der Waals surface area (Å²) in [6, 6.07) is 8.89. The summed E-state index contributed by atoms with van der Waals surface area (Å²) in [4.78, 5) is 25.2. The van der Waals surface area contributed by atoms with E-state index >= 15 is 0 Å². The van der Waals surface area contributed by atoms with Gasteiger partial charge in [0.25, 0.3) is 5.91 Å². The lowest BCUT2D eigenvalue weighted by atomic mass is 10.2. The third-order valence-electron chi connectivity index (χ3n) is 2.88. The predicted octanol–water partition coefficient (Wildman–Crippen LogP) is 2.76. The number of benzene rings is 1. The van der Waals surface area contributed by atoms with Crippen LogP contribution in [0.4, 0.5) is 5.69 Å². The van der Waals surface area contributed by atoms with Crippen molar-refractivity contribution in [2.45, 2.75) is 6.54 Å². The number of nitrogens with zero attached hydrogens (tertiary/aromatic N) is 1. The molecule has 6 heteroatoms. The Bertz CT molecular complexity index is 664. The Kier molecular flexibility index (Phi) is 4.59. The first-order chi connectivity index (χ1) is 9.97. The average molecular weight is 304 g/mol. The summed E-state index contributed by atoms with van der Waals surface area (Å²) in [7, 11) is 3.42. The molecular formula is C15H16N2O3S. The molecule has 0 aliphatic heterocycles. The Balaban J connectivity index is 2.04. The van der Waals surface area contributed by atoms with E-state index in [9.17, 15) is 9.59 Å². The van der Waals surface area contributed by atoms with Crippen LogP contribution >= 0.6 is 11.3 Å². The molecule has 1 amide bonds. The van der Waals surface area contributed by atoms with Crippen LogP contribution in [0.3, 0.4) is 0 Å². The van der Waals surface area contributed by atoms with Crippen molar-refractivity contribution in [3.8, 4) is 0 Å². The second-order valence-corrected chi connectivity index (χ2v) is 5.74. The fourth-order valence-corrected chi connectivity index (χ4v) is 2.59. The summed E-state index contributed by atoms with van der Waals surface area (Å²) in [6.45, 7) is 0.525. The maximum atomic E-state index is 11.9. The first kappa shape index (κ1) is 15.1. The highest BCUT2D eigenvalue weighted by molar-refractivity contribution is 7.10. The van der Waals surface area contributed by atoms with E-state index in [1.807, 2.05) is 12.1 Å². The van der Waals surface area contributed by atoms with Crippen LogP contribution in [0.15, 0.2) is 35.7 Å². The molecule has 0 saturated carbocycles. The van der Waals surface area contributed by atoms with Crippen molar-refractivity contribution < 1.29 is 14.7 Å². The molecule has 0 unspecified atom stereocenters. The number of rotatable bonds is 5. The predicted molar refractivity (Wildman–Crippen MR) is 83.1 cm³/mol. The molecule has 0 aliphatic rings. The van der Waals surface area contributed by atoms with Crippen molar-refractivity contribution in [3.05, 3.63) is 51.7 Å². The number of amides is 1. The van der Waals surface area contributed by atoms with Crippen LogP contribution in [0, 0.1) is 0 Å². The van der Waals surface area contributed by atoms with Gasteiger partial charge in [0.1, 0.15) is 0 Å². The molecule has 110 valence electrons. The minimum atomic E-state index is -0.920. The molecule has 1 aromatic heterocycles. The molecule has 0 radical (unpaired) electrons. The quantitative estimate of drug-likeness (QED) is 0.891. The summed E-state index contributed by atoms with van der Waals surface area (Å²) in [5.74, 6) is -0.973. The van der Waals surface area contributed by atoms with Crippen molar-refractivity contribution in [2.24, 2.45) is 0 Å². The smallest absolute Gasteiger partial charge is 0.336 e. The van der Waals surface area contributed by atoms with Crippen LogP contribution in [-0.4, -0.2) is 36.0 Å². The molecule has 0 bridgehead atoms. The molecule has 2 N–H and O–H groups in total. The molecular weight excluding hydrogens is 288 g/mol. The van der Waals surface area contributed by atoms with Crippen LogP contribution in [0.1, 0.15) is 25.6 Å². The summed E-state index contributed by atoms with van der Waals surface area (Å²) in [5.41, 5.74) is 1.74. The molecule has 0 aliphatic carbocycles. The molecule has 0 saturated heterocycles. The van der Waals surface area contributed by atoms with Gasteiger partial charge in [0, 0.05) is 42.1 Å². The fourth-order valence-electron chi connectivity index (χ4n) is 1.80. The number of anilines is 1. The van der Waals surface area contributed by atoms with E-state index in [2.05, 4.69) is 5.32 Å². The largest absolute Gasteiger partial charge is 0.478 e. The van der Waals surface area contributed by atoms with Gasteiger partial charge in [-0.3, -0.25) is 4.79 Å². The maximum Gasteiger partial charge on any atom is 0.336 e. The highest BCUT2D eigenvalue weighted by Crippen LogP contribution is 2.18. The Hall–Kier alpha value is -2.34. The minimum absolute atomic E-state index is 0.0528. The number of nitrogens with one attached hydrogen (secondary N) is 1.